The predicted molar refractivity (Wildman–Crippen MR) is 77.8 cm³/mol. The van der Waals surface area contributed by atoms with Gasteiger partial charge in [-0.25, -0.2) is 0 Å². The molecule has 19 heavy (non-hydrogen) atoms. The summed E-state index contributed by atoms with van der Waals surface area (Å²) >= 11 is 0. The Labute approximate surface area is 117 Å². The molecular weight excluding hydrogens is 238 g/mol. The van der Waals surface area contributed by atoms with Gasteiger partial charge in [0, 0.05) is 44.2 Å². The third kappa shape index (κ3) is 3.69. The lowest BCUT2D eigenvalue weighted by molar-refractivity contribution is -0.138. The van der Waals surface area contributed by atoms with E-state index in [9.17, 15) is 4.79 Å². The minimum atomic E-state index is 0.193. The molecule has 1 saturated carbocycles. The molecule has 1 aliphatic carbocycles. The number of hydrogen-bond donors (Lipinski definition) is 1. The van der Waals surface area contributed by atoms with Crippen LogP contribution < -0.4 is 5.73 Å². The van der Waals surface area contributed by atoms with E-state index in [1.54, 1.807) is 0 Å². The summed E-state index contributed by atoms with van der Waals surface area (Å²) in [6.45, 7) is 8.35. The summed E-state index contributed by atoms with van der Waals surface area (Å²) in [7, 11) is 0. The van der Waals surface area contributed by atoms with E-state index in [-0.39, 0.29) is 12.0 Å². The fraction of sp³-hybridized carbons (Fsp3) is 0.933. The molecule has 4 nitrogen and oxygen atoms in total. The van der Waals surface area contributed by atoms with Crippen LogP contribution >= 0.6 is 0 Å². The molecule has 2 rings (SSSR count). The number of carbonyl (C=O) groups excluding carboxylic acids is 1. The molecule has 0 aromatic carbocycles. The van der Waals surface area contributed by atoms with Gasteiger partial charge in [-0.2, -0.15) is 0 Å². The van der Waals surface area contributed by atoms with Gasteiger partial charge >= 0.3 is 0 Å². The van der Waals surface area contributed by atoms with Crippen LogP contribution in [0.4, 0.5) is 0 Å². The average molecular weight is 267 g/mol. The highest BCUT2D eigenvalue weighted by atomic mass is 16.2. The van der Waals surface area contributed by atoms with Crippen LogP contribution in [0, 0.1) is 5.92 Å². The van der Waals surface area contributed by atoms with E-state index >= 15 is 0 Å². The highest BCUT2D eigenvalue weighted by Gasteiger charge is 2.31. The Bertz CT molecular complexity index is 300. The van der Waals surface area contributed by atoms with Gasteiger partial charge in [0.2, 0.25) is 5.91 Å². The summed E-state index contributed by atoms with van der Waals surface area (Å²) in [5.41, 5.74) is 5.99. The number of nitrogens with zero attached hydrogens (tertiary/aromatic N) is 2. The fourth-order valence-corrected chi connectivity index (χ4v) is 3.35. The first-order valence-corrected chi connectivity index (χ1v) is 7.90. The van der Waals surface area contributed by atoms with Crippen LogP contribution in [-0.2, 0) is 4.79 Å². The average Bonchev–Trinajstić information content (AvgIpc) is 2.46. The predicted octanol–water partition coefficient (Wildman–Crippen LogP) is 1.45. The van der Waals surface area contributed by atoms with Crippen LogP contribution in [-0.4, -0.2) is 54.0 Å². The zero-order chi connectivity index (χ0) is 13.8. The Hall–Kier alpha value is -0.610. The Morgan fingerprint density at radius 2 is 1.95 bits per heavy atom. The van der Waals surface area contributed by atoms with E-state index in [1.807, 2.05) is 0 Å². The van der Waals surface area contributed by atoms with Crippen molar-refractivity contribution in [1.29, 1.82) is 0 Å². The van der Waals surface area contributed by atoms with Gasteiger partial charge in [0.05, 0.1) is 0 Å². The van der Waals surface area contributed by atoms with Crippen molar-refractivity contribution in [3.8, 4) is 0 Å². The maximum Gasteiger partial charge on any atom is 0.225 e. The van der Waals surface area contributed by atoms with Crippen LogP contribution in [0.15, 0.2) is 0 Å². The van der Waals surface area contributed by atoms with Crippen LogP contribution in [0.3, 0.4) is 0 Å². The Morgan fingerprint density at radius 3 is 2.53 bits per heavy atom. The number of nitrogens with two attached hydrogens (primary N) is 1. The largest absolute Gasteiger partial charge is 0.340 e. The van der Waals surface area contributed by atoms with Crippen molar-refractivity contribution in [2.24, 2.45) is 11.7 Å². The van der Waals surface area contributed by atoms with Crippen molar-refractivity contribution in [2.75, 3.05) is 26.2 Å². The molecule has 2 N–H and O–H groups in total. The van der Waals surface area contributed by atoms with E-state index < -0.39 is 0 Å². The molecule has 1 heterocycles. The summed E-state index contributed by atoms with van der Waals surface area (Å²) in [5.74, 6) is 0.554. The number of amides is 1. The van der Waals surface area contributed by atoms with Crippen molar-refractivity contribution < 1.29 is 4.79 Å². The Balaban J connectivity index is 1.82. The molecule has 3 atom stereocenters. The first-order valence-electron chi connectivity index (χ1n) is 7.90. The van der Waals surface area contributed by atoms with Gasteiger partial charge in [-0.05, 0) is 32.6 Å². The monoisotopic (exact) mass is 267 g/mol. The van der Waals surface area contributed by atoms with Gasteiger partial charge in [0.1, 0.15) is 0 Å². The quantitative estimate of drug-likeness (QED) is 0.842. The van der Waals surface area contributed by atoms with Crippen LogP contribution in [0.1, 0.15) is 46.0 Å². The molecule has 110 valence electrons. The first kappa shape index (κ1) is 14.8. The van der Waals surface area contributed by atoms with Crippen molar-refractivity contribution in [3.63, 3.8) is 0 Å². The number of rotatable bonds is 3. The number of hydrogen-bond acceptors (Lipinski definition) is 3. The summed E-state index contributed by atoms with van der Waals surface area (Å²) in [6, 6.07) is 0.879. The standard InChI is InChI=1S/C15H29N3O/c1-3-12(2)17-7-9-18(10-8-17)15(19)13-5-4-6-14(16)11-13/h12-14H,3-11,16H2,1-2H3. The molecule has 2 aliphatic rings. The fourth-order valence-electron chi connectivity index (χ4n) is 3.35. The molecule has 1 aliphatic heterocycles. The molecule has 2 fully saturated rings. The minimum Gasteiger partial charge on any atom is -0.340 e. The maximum absolute atomic E-state index is 12.5. The second-order valence-corrected chi connectivity index (χ2v) is 6.24. The Kier molecular flexibility index (Phi) is 5.22. The van der Waals surface area contributed by atoms with E-state index in [4.69, 9.17) is 5.73 Å². The molecule has 1 saturated heterocycles. The minimum absolute atomic E-state index is 0.193. The SMILES string of the molecule is CCC(C)N1CCN(C(=O)C2CCCC(N)C2)CC1. The van der Waals surface area contributed by atoms with Crippen LogP contribution in [0.5, 0.6) is 0 Å². The summed E-state index contributed by atoms with van der Waals surface area (Å²) < 4.78 is 0. The first-order chi connectivity index (χ1) is 9.11. The van der Waals surface area contributed by atoms with Gasteiger partial charge in [-0.15, -0.1) is 0 Å². The van der Waals surface area contributed by atoms with Crippen molar-refractivity contribution >= 4 is 5.91 Å². The van der Waals surface area contributed by atoms with Gasteiger partial charge in [-0.1, -0.05) is 13.3 Å². The van der Waals surface area contributed by atoms with Crippen molar-refractivity contribution in [2.45, 2.75) is 58.0 Å². The highest BCUT2D eigenvalue weighted by molar-refractivity contribution is 5.79. The Morgan fingerprint density at radius 1 is 1.26 bits per heavy atom. The van der Waals surface area contributed by atoms with Crippen molar-refractivity contribution in [3.05, 3.63) is 0 Å². The molecule has 3 unspecified atom stereocenters. The molecule has 1 amide bonds. The van der Waals surface area contributed by atoms with Crippen LogP contribution in [0.2, 0.25) is 0 Å². The van der Waals surface area contributed by atoms with Gasteiger partial charge < -0.3 is 10.6 Å². The van der Waals surface area contributed by atoms with E-state index in [1.165, 1.54) is 6.42 Å². The smallest absolute Gasteiger partial charge is 0.225 e. The van der Waals surface area contributed by atoms with Gasteiger partial charge in [0.25, 0.3) is 0 Å². The lowest BCUT2D eigenvalue weighted by atomic mass is 9.85. The van der Waals surface area contributed by atoms with Gasteiger partial charge in [0.15, 0.2) is 0 Å². The topological polar surface area (TPSA) is 49.6 Å². The second kappa shape index (κ2) is 6.71. The molecule has 0 spiro atoms. The van der Waals surface area contributed by atoms with E-state index in [0.717, 1.165) is 51.9 Å². The summed E-state index contributed by atoms with van der Waals surface area (Å²) in [4.78, 5) is 17.1. The third-order valence-electron chi connectivity index (χ3n) is 4.90. The third-order valence-corrected chi connectivity index (χ3v) is 4.90. The maximum atomic E-state index is 12.5. The molecular formula is C15H29N3O. The summed E-state index contributed by atoms with van der Waals surface area (Å²) in [6.07, 6.45) is 5.32. The molecule has 0 aromatic rings. The summed E-state index contributed by atoms with van der Waals surface area (Å²) in [5, 5.41) is 0. The molecule has 0 aromatic heterocycles. The van der Waals surface area contributed by atoms with Crippen LogP contribution in [0.25, 0.3) is 0 Å². The highest BCUT2D eigenvalue weighted by Crippen LogP contribution is 2.25. The van der Waals surface area contributed by atoms with Crippen molar-refractivity contribution in [1.82, 2.24) is 9.80 Å². The molecule has 0 bridgehead atoms. The van der Waals surface area contributed by atoms with E-state index in [0.29, 0.717) is 11.9 Å². The molecule has 0 radical (unpaired) electrons. The molecule has 4 heteroatoms. The zero-order valence-electron chi connectivity index (χ0n) is 12.5. The number of carbonyl (C=O) groups is 1. The zero-order valence-corrected chi connectivity index (χ0v) is 12.5. The second-order valence-electron chi connectivity index (χ2n) is 6.24. The van der Waals surface area contributed by atoms with Gasteiger partial charge in [-0.3, -0.25) is 9.69 Å². The number of piperazine rings is 1. The lowest BCUT2D eigenvalue weighted by Gasteiger charge is -2.40. The normalized spacial score (nSPS) is 31.2. The van der Waals surface area contributed by atoms with E-state index in [2.05, 4.69) is 23.6 Å². The lowest BCUT2D eigenvalue weighted by Crippen LogP contribution is -2.53.